The summed E-state index contributed by atoms with van der Waals surface area (Å²) in [6.07, 6.45) is 2.51. The van der Waals surface area contributed by atoms with Crippen molar-refractivity contribution in [2.24, 2.45) is 11.3 Å². The maximum Gasteiger partial charge on any atom is 0.118 e. The Kier molecular flexibility index (Phi) is 3.56. The molecule has 1 fully saturated rings. The van der Waals surface area contributed by atoms with Gasteiger partial charge in [-0.05, 0) is 49.8 Å². The average Bonchev–Trinajstić information content (AvgIpc) is 2.82. The molecule has 19 heavy (non-hydrogen) atoms. The van der Waals surface area contributed by atoms with Gasteiger partial charge in [-0.1, -0.05) is 19.1 Å². The zero-order valence-corrected chi connectivity index (χ0v) is 11.8. The molecule has 1 aliphatic rings. The minimum absolute atomic E-state index is 0.490. The first kappa shape index (κ1) is 13.9. The molecule has 0 bridgehead atoms. The summed E-state index contributed by atoms with van der Waals surface area (Å²) in [5, 5.41) is 20.6. The van der Waals surface area contributed by atoms with Crippen molar-refractivity contribution < 1.29 is 9.84 Å². The third-order valence-corrected chi connectivity index (χ3v) is 4.56. The van der Waals surface area contributed by atoms with Crippen molar-refractivity contribution in [1.82, 2.24) is 0 Å². The number of hydrogen-bond donors (Lipinski definition) is 1. The van der Waals surface area contributed by atoms with Gasteiger partial charge >= 0.3 is 0 Å². The summed E-state index contributed by atoms with van der Waals surface area (Å²) < 4.78 is 5.13. The Labute approximate surface area is 114 Å². The molecular weight excluding hydrogens is 238 g/mol. The maximum atomic E-state index is 11.0. The third kappa shape index (κ3) is 2.21. The Hall–Kier alpha value is -1.53. The molecule has 0 saturated heterocycles. The molecule has 1 N–H and O–H groups in total. The van der Waals surface area contributed by atoms with E-state index in [1.54, 1.807) is 14.0 Å². The van der Waals surface area contributed by atoms with Crippen LogP contribution < -0.4 is 4.74 Å². The standard InChI is InChI=1S/C16H21NO2/c1-12-8-9-16(10-12,11-17)15(2,18)13-4-6-14(19-3)7-5-13/h4-7,12,18H,8-10H2,1-3H3. The van der Waals surface area contributed by atoms with Gasteiger partial charge in [0.1, 0.15) is 11.4 Å². The zero-order valence-electron chi connectivity index (χ0n) is 11.8. The molecule has 0 heterocycles. The quantitative estimate of drug-likeness (QED) is 0.906. The fraction of sp³-hybridized carbons (Fsp3) is 0.562. The molecule has 1 aromatic carbocycles. The Bertz CT molecular complexity index is 486. The van der Waals surface area contributed by atoms with E-state index in [0.29, 0.717) is 5.92 Å². The van der Waals surface area contributed by atoms with Gasteiger partial charge in [0.2, 0.25) is 0 Å². The van der Waals surface area contributed by atoms with Crippen molar-refractivity contribution in [3.8, 4) is 11.8 Å². The number of aliphatic hydroxyl groups is 1. The van der Waals surface area contributed by atoms with Gasteiger partial charge in [0.25, 0.3) is 0 Å². The van der Waals surface area contributed by atoms with Gasteiger partial charge < -0.3 is 9.84 Å². The highest BCUT2D eigenvalue weighted by Crippen LogP contribution is 2.52. The first-order valence-electron chi connectivity index (χ1n) is 6.73. The molecule has 1 saturated carbocycles. The van der Waals surface area contributed by atoms with E-state index in [-0.39, 0.29) is 0 Å². The minimum atomic E-state index is -1.13. The van der Waals surface area contributed by atoms with Crippen LogP contribution in [0.3, 0.4) is 0 Å². The molecule has 1 aliphatic carbocycles. The predicted molar refractivity (Wildman–Crippen MR) is 73.6 cm³/mol. The summed E-state index contributed by atoms with van der Waals surface area (Å²) >= 11 is 0. The van der Waals surface area contributed by atoms with Gasteiger partial charge in [-0.2, -0.15) is 5.26 Å². The first-order chi connectivity index (χ1) is 8.95. The van der Waals surface area contributed by atoms with Crippen molar-refractivity contribution in [2.45, 2.75) is 38.7 Å². The van der Waals surface area contributed by atoms with Crippen LogP contribution in [-0.4, -0.2) is 12.2 Å². The van der Waals surface area contributed by atoms with Crippen LogP contribution in [0.5, 0.6) is 5.75 Å². The molecule has 0 amide bonds. The van der Waals surface area contributed by atoms with E-state index in [4.69, 9.17) is 4.74 Å². The highest BCUT2D eigenvalue weighted by atomic mass is 16.5. The van der Waals surface area contributed by atoms with Crippen LogP contribution in [0.2, 0.25) is 0 Å². The van der Waals surface area contributed by atoms with Gasteiger partial charge in [0.15, 0.2) is 0 Å². The number of benzene rings is 1. The number of ether oxygens (including phenoxy) is 1. The van der Waals surface area contributed by atoms with Gasteiger partial charge in [-0.25, -0.2) is 0 Å². The molecule has 0 spiro atoms. The van der Waals surface area contributed by atoms with E-state index in [1.165, 1.54) is 0 Å². The third-order valence-electron chi connectivity index (χ3n) is 4.56. The second-order valence-corrected chi connectivity index (χ2v) is 5.84. The van der Waals surface area contributed by atoms with Crippen molar-refractivity contribution in [1.29, 1.82) is 5.26 Å². The van der Waals surface area contributed by atoms with Crippen LogP contribution in [-0.2, 0) is 5.60 Å². The molecular formula is C16H21NO2. The Balaban J connectivity index is 2.37. The molecule has 3 nitrogen and oxygen atoms in total. The van der Waals surface area contributed by atoms with E-state index >= 15 is 0 Å². The highest BCUT2D eigenvalue weighted by molar-refractivity contribution is 5.34. The molecule has 102 valence electrons. The fourth-order valence-electron chi connectivity index (χ4n) is 3.14. The second-order valence-electron chi connectivity index (χ2n) is 5.84. The monoisotopic (exact) mass is 259 g/mol. The first-order valence-corrected chi connectivity index (χ1v) is 6.73. The lowest BCUT2D eigenvalue weighted by Gasteiger charge is -2.38. The Morgan fingerprint density at radius 3 is 2.47 bits per heavy atom. The van der Waals surface area contributed by atoms with Crippen molar-refractivity contribution in [3.63, 3.8) is 0 Å². The second kappa shape index (κ2) is 4.86. The number of rotatable bonds is 3. The topological polar surface area (TPSA) is 53.2 Å². The summed E-state index contributed by atoms with van der Waals surface area (Å²) in [7, 11) is 1.61. The Morgan fingerprint density at radius 1 is 1.42 bits per heavy atom. The molecule has 3 atom stereocenters. The molecule has 0 radical (unpaired) electrons. The normalized spacial score (nSPS) is 29.5. The molecule has 2 rings (SSSR count). The molecule has 0 aromatic heterocycles. The van der Waals surface area contributed by atoms with Crippen LogP contribution in [0.4, 0.5) is 0 Å². The lowest BCUT2D eigenvalue weighted by molar-refractivity contribution is -0.0438. The Morgan fingerprint density at radius 2 is 2.05 bits per heavy atom. The van der Waals surface area contributed by atoms with Crippen LogP contribution in [0.15, 0.2) is 24.3 Å². The number of methoxy groups -OCH3 is 1. The number of nitriles is 1. The van der Waals surface area contributed by atoms with Crippen LogP contribution >= 0.6 is 0 Å². The molecule has 0 aliphatic heterocycles. The summed E-state index contributed by atoms with van der Waals surface area (Å²) in [4.78, 5) is 0. The summed E-state index contributed by atoms with van der Waals surface area (Å²) in [6, 6.07) is 9.74. The van der Waals surface area contributed by atoms with Crippen LogP contribution in [0, 0.1) is 22.7 Å². The fourth-order valence-corrected chi connectivity index (χ4v) is 3.14. The van der Waals surface area contributed by atoms with Crippen LogP contribution in [0.1, 0.15) is 38.7 Å². The van der Waals surface area contributed by atoms with Crippen molar-refractivity contribution in [2.75, 3.05) is 7.11 Å². The van der Waals surface area contributed by atoms with E-state index in [2.05, 4.69) is 13.0 Å². The maximum absolute atomic E-state index is 11.0. The number of hydrogen-bond acceptors (Lipinski definition) is 3. The minimum Gasteiger partial charge on any atom is -0.497 e. The van der Waals surface area contributed by atoms with Gasteiger partial charge in [-0.15, -0.1) is 0 Å². The lowest BCUT2D eigenvalue weighted by atomic mass is 9.68. The van der Waals surface area contributed by atoms with E-state index in [0.717, 1.165) is 30.6 Å². The lowest BCUT2D eigenvalue weighted by Crippen LogP contribution is -2.41. The largest absolute Gasteiger partial charge is 0.497 e. The zero-order chi connectivity index (χ0) is 14.1. The van der Waals surface area contributed by atoms with E-state index < -0.39 is 11.0 Å². The van der Waals surface area contributed by atoms with Crippen molar-refractivity contribution >= 4 is 0 Å². The summed E-state index contributed by atoms with van der Waals surface area (Å²) in [5.41, 5.74) is -1.02. The van der Waals surface area contributed by atoms with Gasteiger partial charge in [-0.3, -0.25) is 0 Å². The summed E-state index contributed by atoms with van der Waals surface area (Å²) in [5.74, 6) is 1.25. The van der Waals surface area contributed by atoms with E-state index in [1.807, 2.05) is 24.3 Å². The van der Waals surface area contributed by atoms with Gasteiger partial charge in [0.05, 0.1) is 18.6 Å². The number of nitrogens with zero attached hydrogens (tertiary/aromatic N) is 1. The molecule has 3 heteroatoms. The summed E-state index contributed by atoms with van der Waals surface area (Å²) in [6.45, 7) is 3.90. The van der Waals surface area contributed by atoms with Crippen molar-refractivity contribution in [3.05, 3.63) is 29.8 Å². The molecule has 3 unspecified atom stereocenters. The smallest absolute Gasteiger partial charge is 0.118 e. The average molecular weight is 259 g/mol. The molecule has 1 aromatic rings. The predicted octanol–water partition coefficient (Wildman–Crippen LogP) is 3.23. The van der Waals surface area contributed by atoms with Gasteiger partial charge in [0, 0.05) is 0 Å². The van der Waals surface area contributed by atoms with Crippen LogP contribution in [0.25, 0.3) is 0 Å². The highest BCUT2D eigenvalue weighted by Gasteiger charge is 2.52. The SMILES string of the molecule is COc1ccc(C(C)(O)C2(C#N)CCC(C)C2)cc1. The van der Waals surface area contributed by atoms with E-state index in [9.17, 15) is 10.4 Å².